The SMILES string of the molecule is Cc1nn(C)c(N2CCCC2c2ccccc2)c1CN. The zero-order valence-electron chi connectivity index (χ0n) is 12.2. The smallest absolute Gasteiger partial charge is 0.131 e. The van der Waals surface area contributed by atoms with Gasteiger partial charge in [-0.25, -0.2) is 0 Å². The van der Waals surface area contributed by atoms with Gasteiger partial charge in [0.05, 0.1) is 11.7 Å². The monoisotopic (exact) mass is 270 g/mol. The summed E-state index contributed by atoms with van der Waals surface area (Å²) in [5, 5.41) is 4.55. The van der Waals surface area contributed by atoms with E-state index in [1.165, 1.54) is 29.8 Å². The highest BCUT2D eigenvalue weighted by Crippen LogP contribution is 2.38. The van der Waals surface area contributed by atoms with Crippen molar-refractivity contribution in [2.24, 2.45) is 12.8 Å². The van der Waals surface area contributed by atoms with Crippen molar-refractivity contribution in [2.75, 3.05) is 11.4 Å². The van der Waals surface area contributed by atoms with E-state index in [0.29, 0.717) is 12.6 Å². The van der Waals surface area contributed by atoms with Gasteiger partial charge in [0.2, 0.25) is 0 Å². The maximum absolute atomic E-state index is 5.94. The lowest BCUT2D eigenvalue weighted by molar-refractivity contribution is 0.667. The zero-order chi connectivity index (χ0) is 14.1. The molecule has 1 fully saturated rings. The molecule has 0 bridgehead atoms. The van der Waals surface area contributed by atoms with Crippen LogP contribution >= 0.6 is 0 Å². The molecule has 2 heterocycles. The van der Waals surface area contributed by atoms with Gasteiger partial charge < -0.3 is 10.6 Å². The Labute approximate surface area is 120 Å². The Hall–Kier alpha value is -1.81. The van der Waals surface area contributed by atoms with Gasteiger partial charge in [0.15, 0.2) is 0 Å². The van der Waals surface area contributed by atoms with Crippen molar-refractivity contribution in [1.82, 2.24) is 9.78 Å². The van der Waals surface area contributed by atoms with Crippen LogP contribution in [0.5, 0.6) is 0 Å². The van der Waals surface area contributed by atoms with Crippen molar-refractivity contribution >= 4 is 5.82 Å². The second-order valence-corrected chi connectivity index (χ2v) is 5.48. The number of anilines is 1. The fourth-order valence-electron chi connectivity index (χ4n) is 3.33. The van der Waals surface area contributed by atoms with Crippen molar-refractivity contribution in [2.45, 2.75) is 32.4 Å². The van der Waals surface area contributed by atoms with Crippen LogP contribution in [0, 0.1) is 6.92 Å². The molecule has 4 nitrogen and oxygen atoms in total. The van der Waals surface area contributed by atoms with E-state index >= 15 is 0 Å². The van der Waals surface area contributed by atoms with E-state index in [-0.39, 0.29) is 0 Å². The molecular formula is C16H22N4. The quantitative estimate of drug-likeness (QED) is 0.932. The lowest BCUT2D eigenvalue weighted by atomic mass is 10.0. The van der Waals surface area contributed by atoms with Crippen LogP contribution in [0.15, 0.2) is 30.3 Å². The molecule has 3 rings (SSSR count). The van der Waals surface area contributed by atoms with Gasteiger partial charge in [0, 0.05) is 25.7 Å². The molecule has 1 aromatic carbocycles. The molecule has 0 radical (unpaired) electrons. The maximum atomic E-state index is 5.94. The molecule has 1 aliphatic rings. The van der Waals surface area contributed by atoms with Crippen molar-refractivity contribution in [3.05, 3.63) is 47.2 Å². The first-order valence-corrected chi connectivity index (χ1v) is 7.26. The summed E-state index contributed by atoms with van der Waals surface area (Å²) in [5.41, 5.74) is 9.54. The van der Waals surface area contributed by atoms with Crippen LogP contribution in [0.2, 0.25) is 0 Å². The van der Waals surface area contributed by atoms with Gasteiger partial charge in [-0.05, 0) is 25.3 Å². The first-order valence-electron chi connectivity index (χ1n) is 7.26. The standard InChI is InChI=1S/C16H22N4/c1-12-14(11-17)16(19(2)18-12)20-10-6-9-15(20)13-7-4-3-5-8-13/h3-5,7-8,15H,6,9-11,17H2,1-2H3. The van der Waals surface area contributed by atoms with Gasteiger partial charge in [0.25, 0.3) is 0 Å². The predicted molar refractivity (Wildman–Crippen MR) is 81.6 cm³/mol. The largest absolute Gasteiger partial charge is 0.350 e. The molecule has 1 aliphatic heterocycles. The zero-order valence-corrected chi connectivity index (χ0v) is 12.2. The third-order valence-electron chi connectivity index (χ3n) is 4.23. The molecule has 2 N–H and O–H groups in total. The molecule has 1 aromatic heterocycles. The van der Waals surface area contributed by atoms with Crippen LogP contribution in [0.4, 0.5) is 5.82 Å². The van der Waals surface area contributed by atoms with Crippen molar-refractivity contribution in [1.29, 1.82) is 0 Å². The summed E-state index contributed by atoms with van der Waals surface area (Å²) >= 11 is 0. The summed E-state index contributed by atoms with van der Waals surface area (Å²) in [7, 11) is 2.02. The number of aromatic nitrogens is 2. The average molecular weight is 270 g/mol. The van der Waals surface area contributed by atoms with E-state index in [4.69, 9.17) is 5.73 Å². The highest BCUT2D eigenvalue weighted by Gasteiger charge is 2.30. The predicted octanol–water partition coefficient (Wildman–Crippen LogP) is 2.53. The molecule has 1 saturated heterocycles. The number of nitrogens with two attached hydrogens (primary N) is 1. The van der Waals surface area contributed by atoms with Gasteiger partial charge >= 0.3 is 0 Å². The third-order valence-corrected chi connectivity index (χ3v) is 4.23. The molecule has 2 aromatic rings. The Morgan fingerprint density at radius 1 is 1.30 bits per heavy atom. The molecule has 0 spiro atoms. The number of hydrogen-bond donors (Lipinski definition) is 1. The number of hydrogen-bond acceptors (Lipinski definition) is 3. The molecule has 106 valence electrons. The highest BCUT2D eigenvalue weighted by atomic mass is 15.4. The van der Waals surface area contributed by atoms with Crippen LogP contribution in [-0.4, -0.2) is 16.3 Å². The topological polar surface area (TPSA) is 47.1 Å². The van der Waals surface area contributed by atoms with Crippen molar-refractivity contribution in [3.8, 4) is 0 Å². The number of nitrogens with zero attached hydrogens (tertiary/aromatic N) is 3. The van der Waals surface area contributed by atoms with E-state index in [1.807, 2.05) is 18.7 Å². The Morgan fingerprint density at radius 3 is 2.75 bits per heavy atom. The van der Waals surface area contributed by atoms with Gasteiger partial charge in [-0.1, -0.05) is 30.3 Å². The van der Waals surface area contributed by atoms with Crippen LogP contribution in [-0.2, 0) is 13.6 Å². The fourth-order valence-corrected chi connectivity index (χ4v) is 3.33. The van der Waals surface area contributed by atoms with E-state index in [1.54, 1.807) is 0 Å². The van der Waals surface area contributed by atoms with Gasteiger partial charge in [-0.15, -0.1) is 0 Å². The summed E-state index contributed by atoms with van der Waals surface area (Å²) in [4.78, 5) is 2.47. The fraction of sp³-hybridized carbons (Fsp3) is 0.438. The number of aryl methyl sites for hydroxylation is 2. The minimum absolute atomic E-state index is 0.441. The van der Waals surface area contributed by atoms with E-state index in [9.17, 15) is 0 Å². The van der Waals surface area contributed by atoms with Crippen LogP contribution < -0.4 is 10.6 Å². The molecule has 1 atom stereocenters. The summed E-state index contributed by atoms with van der Waals surface area (Å²) in [5.74, 6) is 1.19. The maximum Gasteiger partial charge on any atom is 0.131 e. The van der Waals surface area contributed by atoms with Crippen LogP contribution in [0.25, 0.3) is 0 Å². The summed E-state index contributed by atoms with van der Waals surface area (Å²) in [6.07, 6.45) is 2.41. The molecule has 0 amide bonds. The first kappa shape index (κ1) is 13.2. The summed E-state index contributed by atoms with van der Waals surface area (Å²) in [6, 6.07) is 11.2. The summed E-state index contributed by atoms with van der Waals surface area (Å²) < 4.78 is 1.98. The van der Waals surface area contributed by atoms with Crippen molar-refractivity contribution in [3.63, 3.8) is 0 Å². The normalized spacial score (nSPS) is 18.8. The molecule has 0 aliphatic carbocycles. The lowest BCUT2D eigenvalue weighted by Gasteiger charge is -2.28. The van der Waals surface area contributed by atoms with Gasteiger partial charge in [-0.2, -0.15) is 5.10 Å². The van der Waals surface area contributed by atoms with Gasteiger partial charge in [0.1, 0.15) is 5.82 Å². The Balaban J connectivity index is 2.01. The minimum atomic E-state index is 0.441. The molecular weight excluding hydrogens is 248 g/mol. The Bertz CT molecular complexity index is 588. The van der Waals surface area contributed by atoms with E-state index in [2.05, 4.69) is 40.3 Å². The van der Waals surface area contributed by atoms with E-state index in [0.717, 1.165) is 12.2 Å². The van der Waals surface area contributed by atoms with Crippen LogP contribution in [0.3, 0.4) is 0 Å². The summed E-state index contributed by atoms with van der Waals surface area (Å²) in [6.45, 7) is 3.66. The second-order valence-electron chi connectivity index (χ2n) is 5.48. The Kier molecular flexibility index (Phi) is 3.49. The van der Waals surface area contributed by atoms with E-state index < -0.39 is 0 Å². The average Bonchev–Trinajstić information content (AvgIpc) is 3.03. The molecule has 20 heavy (non-hydrogen) atoms. The number of benzene rings is 1. The first-order chi connectivity index (χ1) is 9.72. The van der Waals surface area contributed by atoms with Crippen LogP contribution in [0.1, 0.15) is 35.7 Å². The third kappa shape index (κ3) is 2.10. The molecule has 0 saturated carbocycles. The Morgan fingerprint density at radius 2 is 2.05 bits per heavy atom. The van der Waals surface area contributed by atoms with Crippen molar-refractivity contribution < 1.29 is 0 Å². The number of rotatable bonds is 3. The minimum Gasteiger partial charge on any atom is -0.350 e. The molecule has 4 heteroatoms. The lowest BCUT2D eigenvalue weighted by Crippen LogP contribution is -2.26. The molecule has 1 unspecified atom stereocenters. The highest BCUT2D eigenvalue weighted by molar-refractivity contribution is 5.53. The second kappa shape index (κ2) is 5.29. The van der Waals surface area contributed by atoms with Gasteiger partial charge in [-0.3, -0.25) is 4.68 Å².